The molecular weight excluding hydrogens is 236 g/mol. The molecular formula is C13H26O5. The maximum atomic E-state index is 9.72. The van der Waals surface area contributed by atoms with Gasteiger partial charge in [-0.05, 0) is 6.42 Å². The van der Waals surface area contributed by atoms with Crippen molar-refractivity contribution in [3.05, 3.63) is 0 Å². The van der Waals surface area contributed by atoms with Gasteiger partial charge in [-0.2, -0.15) is 0 Å². The third-order valence-electron chi connectivity index (χ3n) is 3.30. The fourth-order valence-corrected chi connectivity index (χ4v) is 2.15. The van der Waals surface area contributed by atoms with Crippen molar-refractivity contribution in [2.75, 3.05) is 13.2 Å². The average molecular weight is 262 g/mol. The molecule has 4 atom stereocenters. The SMILES string of the molecule is CCCCCCCCO[C@H]1C(O)O[C@H](CO)[C@H]1O. The Bertz CT molecular complexity index is 212. The van der Waals surface area contributed by atoms with Crippen molar-refractivity contribution in [1.29, 1.82) is 0 Å². The van der Waals surface area contributed by atoms with Crippen LogP contribution in [0.4, 0.5) is 0 Å². The van der Waals surface area contributed by atoms with E-state index < -0.39 is 24.6 Å². The van der Waals surface area contributed by atoms with E-state index in [1.807, 2.05) is 0 Å². The van der Waals surface area contributed by atoms with Gasteiger partial charge in [-0.25, -0.2) is 0 Å². The van der Waals surface area contributed by atoms with Crippen LogP contribution < -0.4 is 0 Å². The van der Waals surface area contributed by atoms with Gasteiger partial charge in [0.2, 0.25) is 0 Å². The van der Waals surface area contributed by atoms with Crippen LogP contribution in [0.5, 0.6) is 0 Å². The Morgan fingerprint density at radius 3 is 2.33 bits per heavy atom. The summed E-state index contributed by atoms with van der Waals surface area (Å²) < 4.78 is 10.4. The molecule has 0 aliphatic carbocycles. The second kappa shape index (κ2) is 8.82. The van der Waals surface area contributed by atoms with Gasteiger partial charge in [0, 0.05) is 6.61 Å². The molecule has 0 aromatic carbocycles. The Balaban J connectivity index is 2.08. The molecule has 1 saturated heterocycles. The predicted octanol–water partition coefficient (Wildman–Crippen LogP) is 0.802. The lowest BCUT2D eigenvalue weighted by atomic mass is 10.1. The third-order valence-corrected chi connectivity index (χ3v) is 3.30. The van der Waals surface area contributed by atoms with E-state index in [9.17, 15) is 10.2 Å². The van der Waals surface area contributed by atoms with Gasteiger partial charge in [-0.3, -0.25) is 0 Å². The first-order valence-electron chi connectivity index (χ1n) is 6.94. The quantitative estimate of drug-likeness (QED) is 0.536. The van der Waals surface area contributed by atoms with E-state index in [2.05, 4.69) is 6.92 Å². The number of ether oxygens (including phenoxy) is 2. The van der Waals surface area contributed by atoms with Crippen LogP contribution >= 0.6 is 0 Å². The van der Waals surface area contributed by atoms with Gasteiger partial charge in [0.15, 0.2) is 6.29 Å². The van der Waals surface area contributed by atoms with E-state index >= 15 is 0 Å². The van der Waals surface area contributed by atoms with E-state index in [1.54, 1.807) is 0 Å². The molecule has 5 nitrogen and oxygen atoms in total. The van der Waals surface area contributed by atoms with Crippen molar-refractivity contribution >= 4 is 0 Å². The maximum absolute atomic E-state index is 9.72. The normalized spacial score (nSPS) is 32.0. The van der Waals surface area contributed by atoms with Crippen LogP contribution in [-0.4, -0.2) is 53.1 Å². The second-order valence-electron chi connectivity index (χ2n) is 4.84. The lowest BCUT2D eigenvalue weighted by molar-refractivity contribution is -0.147. The van der Waals surface area contributed by atoms with Crippen LogP contribution in [0.3, 0.4) is 0 Å². The molecule has 5 heteroatoms. The Morgan fingerprint density at radius 1 is 1.06 bits per heavy atom. The number of aliphatic hydroxyl groups is 3. The summed E-state index contributed by atoms with van der Waals surface area (Å²) in [6.45, 7) is 2.38. The van der Waals surface area contributed by atoms with Gasteiger partial charge < -0.3 is 24.8 Å². The molecule has 0 amide bonds. The molecule has 0 bridgehead atoms. The molecule has 1 heterocycles. The topological polar surface area (TPSA) is 79.2 Å². The minimum absolute atomic E-state index is 0.310. The summed E-state index contributed by atoms with van der Waals surface area (Å²) >= 11 is 0. The lowest BCUT2D eigenvalue weighted by Crippen LogP contribution is -2.36. The van der Waals surface area contributed by atoms with Crippen molar-refractivity contribution < 1.29 is 24.8 Å². The van der Waals surface area contributed by atoms with Crippen LogP contribution in [0, 0.1) is 0 Å². The molecule has 108 valence electrons. The summed E-state index contributed by atoms with van der Waals surface area (Å²) in [6.07, 6.45) is 3.40. The van der Waals surface area contributed by atoms with Gasteiger partial charge in [-0.15, -0.1) is 0 Å². The number of hydrogen-bond acceptors (Lipinski definition) is 5. The highest BCUT2D eigenvalue weighted by molar-refractivity contribution is 4.86. The Morgan fingerprint density at radius 2 is 1.72 bits per heavy atom. The first-order chi connectivity index (χ1) is 8.70. The van der Waals surface area contributed by atoms with Crippen LogP contribution in [0.15, 0.2) is 0 Å². The highest BCUT2D eigenvalue weighted by Crippen LogP contribution is 2.22. The number of rotatable bonds is 9. The minimum Gasteiger partial charge on any atom is -0.394 e. The predicted molar refractivity (Wildman–Crippen MR) is 67.1 cm³/mol. The average Bonchev–Trinajstić information content (AvgIpc) is 2.64. The standard InChI is InChI=1S/C13H26O5/c1-2-3-4-5-6-7-8-17-12-11(15)10(9-14)18-13(12)16/h10-16H,2-9H2,1H3/t10-,11-,12-,13?/m1/s1. The molecule has 1 aliphatic heterocycles. The molecule has 1 rings (SSSR count). The lowest BCUT2D eigenvalue weighted by Gasteiger charge is -2.17. The van der Waals surface area contributed by atoms with E-state index in [0.29, 0.717) is 6.61 Å². The minimum atomic E-state index is -1.14. The first-order valence-corrected chi connectivity index (χ1v) is 6.94. The molecule has 0 saturated carbocycles. The molecule has 0 radical (unpaired) electrons. The highest BCUT2D eigenvalue weighted by Gasteiger charge is 2.43. The van der Waals surface area contributed by atoms with Crippen LogP contribution in [0.1, 0.15) is 45.4 Å². The summed E-state index contributed by atoms with van der Waals surface area (Å²) in [5, 5.41) is 28.1. The van der Waals surface area contributed by atoms with E-state index in [-0.39, 0.29) is 6.61 Å². The van der Waals surface area contributed by atoms with Gasteiger partial charge in [0.1, 0.15) is 18.3 Å². The zero-order valence-corrected chi connectivity index (χ0v) is 11.1. The highest BCUT2D eigenvalue weighted by atomic mass is 16.7. The fraction of sp³-hybridized carbons (Fsp3) is 1.00. The molecule has 3 N–H and O–H groups in total. The zero-order chi connectivity index (χ0) is 13.4. The van der Waals surface area contributed by atoms with E-state index in [0.717, 1.165) is 12.8 Å². The Kier molecular flexibility index (Phi) is 7.77. The molecule has 1 unspecified atom stereocenters. The van der Waals surface area contributed by atoms with Crippen LogP contribution in [0.25, 0.3) is 0 Å². The largest absolute Gasteiger partial charge is 0.394 e. The second-order valence-corrected chi connectivity index (χ2v) is 4.84. The summed E-state index contributed by atoms with van der Waals surface area (Å²) in [5.41, 5.74) is 0. The van der Waals surface area contributed by atoms with E-state index in [4.69, 9.17) is 14.6 Å². The van der Waals surface area contributed by atoms with Crippen LogP contribution in [0.2, 0.25) is 0 Å². The number of unbranched alkanes of at least 4 members (excludes halogenated alkanes) is 5. The molecule has 18 heavy (non-hydrogen) atoms. The van der Waals surface area contributed by atoms with Gasteiger partial charge >= 0.3 is 0 Å². The van der Waals surface area contributed by atoms with Gasteiger partial charge in [0.05, 0.1) is 6.61 Å². The fourth-order valence-electron chi connectivity index (χ4n) is 2.15. The van der Waals surface area contributed by atoms with Crippen molar-refractivity contribution in [3.63, 3.8) is 0 Å². The van der Waals surface area contributed by atoms with Crippen molar-refractivity contribution in [2.24, 2.45) is 0 Å². The number of hydrogen-bond donors (Lipinski definition) is 3. The monoisotopic (exact) mass is 262 g/mol. The summed E-state index contributed by atoms with van der Waals surface area (Å²) in [6, 6.07) is 0. The van der Waals surface area contributed by atoms with Crippen molar-refractivity contribution in [1.82, 2.24) is 0 Å². The van der Waals surface area contributed by atoms with Crippen LogP contribution in [-0.2, 0) is 9.47 Å². The first kappa shape index (κ1) is 15.9. The smallest absolute Gasteiger partial charge is 0.184 e. The Hall–Kier alpha value is -0.200. The third kappa shape index (κ3) is 4.82. The molecule has 0 aromatic heterocycles. The van der Waals surface area contributed by atoms with Gasteiger partial charge in [0.25, 0.3) is 0 Å². The van der Waals surface area contributed by atoms with Crippen molar-refractivity contribution in [3.8, 4) is 0 Å². The molecule has 0 aromatic rings. The summed E-state index contributed by atoms with van der Waals surface area (Å²) in [5.74, 6) is 0. The van der Waals surface area contributed by atoms with Gasteiger partial charge in [-0.1, -0.05) is 39.0 Å². The summed E-state index contributed by atoms with van der Waals surface area (Å²) in [4.78, 5) is 0. The molecule has 1 fully saturated rings. The Labute approximate surface area is 109 Å². The maximum Gasteiger partial charge on any atom is 0.184 e. The van der Waals surface area contributed by atoms with E-state index in [1.165, 1.54) is 25.7 Å². The molecule has 0 spiro atoms. The number of aliphatic hydroxyl groups excluding tert-OH is 3. The zero-order valence-electron chi connectivity index (χ0n) is 11.1. The van der Waals surface area contributed by atoms with Crippen molar-refractivity contribution in [2.45, 2.75) is 70.1 Å². The molecule has 1 aliphatic rings. The summed E-state index contributed by atoms with van der Waals surface area (Å²) in [7, 11) is 0.